The van der Waals surface area contributed by atoms with E-state index in [0.29, 0.717) is 12.1 Å². The highest BCUT2D eigenvalue weighted by molar-refractivity contribution is 5.87. The van der Waals surface area contributed by atoms with Crippen molar-refractivity contribution in [2.24, 2.45) is 5.41 Å². The average molecular weight is 268 g/mol. The van der Waals surface area contributed by atoms with Crippen LogP contribution in [0.2, 0.25) is 0 Å². The van der Waals surface area contributed by atoms with E-state index in [2.05, 4.69) is 4.98 Å². The molecule has 2 atom stereocenters. The predicted molar refractivity (Wildman–Crippen MR) is 74.6 cm³/mol. The Morgan fingerprint density at radius 2 is 1.90 bits per heavy atom. The number of aliphatic carboxylic acids is 1. The molecule has 2 aromatic rings. The van der Waals surface area contributed by atoms with Gasteiger partial charge in [0.1, 0.15) is 5.41 Å². The lowest BCUT2D eigenvalue weighted by molar-refractivity contribution is -0.147. The Balaban J connectivity index is 2.10. The van der Waals surface area contributed by atoms with Gasteiger partial charge in [-0.05, 0) is 30.4 Å². The maximum Gasteiger partial charge on any atom is 0.316 e. The molecule has 1 aromatic heterocycles. The summed E-state index contributed by atoms with van der Waals surface area (Å²) in [4.78, 5) is 21.4. The molecule has 2 bridgehead atoms. The second-order valence-electron chi connectivity index (χ2n) is 6.47. The first kappa shape index (κ1) is 11.8. The summed E-state index contributed by atoms with van der Waals surface area (Å²) in [7, 11) is 0. The van der Waals surface area contributed by atoms with E-state index in [0.717, 1.165) is 23.1 Å². The number of rotatable bonds is 1. The van der Waals surface area contributed by atoms with E-state index in [4.69, 9.17) is 4.98 Å². The minimum atomic E-state index is -0.871. The van der Waals surface area contributed by atoms with E-state index in [9.17, 15) is 9.90 Å². The largest absolute Gasteiger partial charge is 0.481 e. The van der Waals surface area contributed by atoms with Crippen LogP contribution < -0.4 is 0 Å². The van der Waals surface area contributed by atoms with Crippen molar-refractivity contribution in [3.8, 4) is 0 Å². The molecule has 1 fully saturated rings. The third kappa shape index (κ3) is 1.08. The van der Waals surface area contributed by atoms with E-state index in [1.807, 2.05) is 38.1 Å². The van der Waals surface area contributed by atoms with E-state index in [1.165, 1.54) is 0 Å². The van der Waals surface area contributed by atoms with Crippen LogP contribution in [0.5, 0.6) is 0 Å². The van der Waals surface area contributed by atoms with Gasteiger partial charge in [-0.25, -0.2) is 9.97 Å². The van der Waals surface area contributed by atoms with E-state index < -0.39 is 11.4 Å². The zero-order valence-electron chi connectivity index (χ0n) is 11.6. The summed E-state index contributed by atoms with van der Waals surface area (Å²) in [5.41, 5.74) is 2.06. The number of hydrogen-bond donors (Lipinski definition) is 1. The lowest BCUT2D eigenvalue weighted by atomic mass is 9.68. The van der Waals surface area contributed by atoms with Crippen molar-refractivity contribution in [1.82, 2.24) is 9.97 Å². The van der Waals surface area contributed by atoms with Crippen LogP contribution in [-0.2, 0) is 10.2 Å². The number of para-hydroxylation sites is 2. The molecule has 2 aliphatic carbocycles. The van der Waals surface area contributed by atoms with E-state index >= 15 is 0 Å². The van der Waals surface area contributed by atoms with Gasteiger partial charge < -0.3 is 5.11 Å². The highest BCUT2D eigenvalue weighted by Crippen LogP contribution is 2.67. The average Bonchev–Trinajstić information content (AvgIpc) is 2.79. The molecule has 0 saturated heterocycles. The van der Waals surface area contributed by atoms with Crippen molar-refractivity contribution in [2.45, 2.75) is 38.0 Å². The fourth-order valence-corrected chi connectivity index (χ4v) is 4.30. The second-order valence-corrected chi connectivity index (χ2v) is 6.47. The lowest BCUT2D eigenvalue weighted by Gasteiger charge is -2.33. The maximum atomic E-state index is 12.0. The topological polar surface area (TPSA) is 63.1 Å². The number of carboxylic acid groups (broad SMARTS) is 1. The molecule has 0 amide bonds. The lowest BCUT2D eigenvalue weighted by Crippen LogP contribution is -2.43. The Labute approximate surface area is 116 Å². The molecule has 4 rings (SSSR count). The summed E-state index contributed by atoms with van der Waals surface area (Å²) in [6.07, 6.45) is 1.55. The normalized spacial score (nSPS) is 29.6. The first-order chi connectivity index (χ1) is 9.48. The number of nitrogens with zero attached hydrogens (tertiary/aromatic N) is 2. The van der Waals surface area contributed by atoms with Gasteiger partial charge in [0, 0.05) is 5.92 Å². The molecule has 1 aromatic carbocycles. The summed E-state index contributed by atoms with van der Waals surface area (Å²) >= 11 is 0. The molecular weight excluding hydrogens is 252 g/mol. The number of carbonyl (C=O) groups is 1. The molecule has 2 aliphatic rings. The van der Waals surface area contributed by atoms with Gasteiger partial charge in [0.2, 0.25) is 0 Å². The monoisotopic (exact) mass is 268 g/mol. The summed E-state index contributed by atoms with van der Waals surface area (Å²) in [6.45, 7) is 4.10. The van der Waals surface area contributed by atoms with E-state index in [1.54, 1.807) is 0 Å². The van der Waals surface area contributed by atoms with Gasteiger partial charge in [0.15, 0.2) is 0 Å². The highest BCUT2D eigenvalue weighted by atomic mass is 16.4. The zero-order valence-corrected chi connectivity index (χ0v) is 11.6. The molecule has 0 spiro atoms. The minimum absolute atomic E-state index is 0.200. The van der Waals surface area contributed by atoms with Crippen molar-refractivity contribution in [2.75, 3.05) is 0 Å². The fourth-order valence-electron chi connectivity index (χ4n) is 4.30. The molecule has 1 saturated carbocycles. The van der Waals surface area contributed by atoms with E-state index in [-0.39, 0.29) is 11.3 Å². The third-order valence-electron chi connectivity index (χ3n) is 5.48. The fraction of sp³-hybridized carbons (Fsp3) is 0.438. The van der Waals surface area contributed by atoms with Gasteiger partial charge >= 0.3 is 5.97 Å². The Morgan fingerprint density at radius 3 is 2.55 bits per heavy atom. The number of aromatic nitrogens is 2. The van der Waals surface area contributed by atoms with Gasteiger partial charge in [-0.15, -0.1) is 0 Å². The second kappa shape index (κ2) is 3.37. The molecule has 102 valence electrons. The Kier molecular flexibility index (Phi) is 1.99. The number of benzene rings is 1. The van der Waals surface area contributed by atoms with Gasteiger partial charge in [-0.3, -0.25) is 4.79 Å². The molecule has 4 heteroatoms. The van der Waals surface area contributed by atoms with Crippen molar-refractivity contribution < 1.29 is 9.90 Å². The summed E-state index contributed by atoms with van der Waals surface area (Å²) in [5, 5.41) is 9.88. The zero-order chi connectivity index (χ0) is 14.1. The SMILES string of the molecule is CC1(C)[C@H]2CC[C@]1(C(=O)O)c1nc3ccccc3nc12. The molecule has 1 heterocycles. The molecule has 20 heavy (non-hydrogen) atoms. The van der Waals surface area contributed by atoms with Gasteiger partial charge in [-0.1, -0.05) is 26.0 Å². The first-order valence-corrected chi connectivity index (χ1v) is 6.99. The predicted octanol–water partition coefficient (Wildman–Crippen LogP) is 2.87. The summed E-state index contributed by atoms with van der Waals surface area (Å²) < 4.78 is 0. The minimum Gasteiger partial charge on any atom is -0.481 e. The number of fused-ring (bicyclic) bond motifs is 6. The molecule has 0 radical (unpaired) electrons. The van der Waals surface area contributed by atoms with Crippen LogP contribution in [0.1, 0.15) is 44.0 Å². The van der Waals surface area contributed by atoms with Crippen LogP contribution in [0.4, 0.5) is 0 Å². The van der Waals surface area contributed by atoms with Crippen molar-refractivity contribution >= 4 is 17.0 Å². The Hall–Kier alpha value is -1.97. The molecule has 0 unspecified atom stereocenters. The number of carboxylic acids is 1. The van der Waals surface area contributed by atoms with Gasteiger partial charge in [0.25, 0.3) is 0 Å². The highest BCUT2D eigenvalue weighted by Gasteiger charge is 2.68. The van der Waals surface area contributed by atoms with Crippen LogP contribution in [0, 0.1) is 5.41 Å². The van der Waals surface area contributed by atoms with Crippen LogP contribution >= 0.6 is 0 Å². The molecular formula is C16H16N2O2. The number of hydrogen-bond acceptors (Lipinski definition) is 3. The van der Waals surface area contributed by atoms with Crippen LogP contribution in [-0.4, -0.2) is 21.0 Å². The van der Waals surface area contributed by atoms with Gasteiger partial charge in [-0.2, -0.15) is 0 Å². The molecule has 1 N–H and O–H groups in total. The standard InChI is InChI=1S/C16H16N2O2/c1-15(2)9-7-8-16(15,14(19)20)13-12(9)17-10-5-3-4-6-11(10)18-13/h3-6,9H,7-8H2,1-2H3,(H,19,20)/t9-,16+/m0/s1. The van der Waals surface area contributed by atoms with Crippen molar-refractivity contribution in [3.63, 3.8) is 0 Å². The first-order valence-electron chi connectivity index (χ1n) is 6.99. The van der Waals surface area contributed by atoms with Crippen LogP contribution in [0.3, 0.4) is 0 Å². The Morgan fingerprint density at radius 1 is 1.25 bits per heavy atom. The van der Waals surface area contributed by atoms with Crippen LogP contribution in [0.15, 0.2) is 24.3 Å². The quantitative estimate of drug-likeness (QED) is 0.863. The third-order valence-corrected chi connectivity index (χ3v) is 5.48. The molecule has 0 aliphatic heterocycles. The van der Waals surface area contributed by atoms with Gasteiger partial charge in [0.05, 0.1) is 22.4 Å². The molecule has 4 nitrogen and oxygen atoms in total. The Bertz CT molecular complexity index is 753. The maximum absolute atomic E-state index is 12.0. The van der Waals surface area contributed by atoms with Crippen LogP contribution in [0.25, 0.3) is 11.0 Å². The summed E-state index contributed by atoms with van der Waals surface area (Å²) in [5.74, 6) is -0.556. The smallest absolute Gasteiger partial charge is 0.316 e. The van der Waals surface area contributed by atoms with Crippen molar-refractivity contribution in [3.05, 3.63) is 35.7 Å². The summed E-state index contributed by atoms with van der Waals surface area (Å²) in [6, 6.07) is 7.69. The van der Waals surface area contributed by atoms with Crippen molar-refractivity contribution in [1.29, 1.82) is 0 Å².